The quantitative estimate of drug-likeness (QED) is 0.173. The molecule has 34 heavy (non-hydrogen) atoms. The number of halogens is 2. The summed E-state index contributed by atoms with van der Waals surface area (Å²) in [6, 6.07) is 1.14. The predicted octanol–water partition coefficient (Wildman–Crippen LogP) is -0.583. The maximum absolute atomic E-state index is 15.7. The first kappa shape index (κ1) is 28.7. The maximum Gasteiger partial charge on any atom is 0.490 e. The number of aryl methyl sites for hydroxylation is 1. The van der Waals surface area contributed by atoms with Crippen LogP contribution in [0.15, 0.2) is 10.9 Å². The lowest BCUT2D eigenvalue weighted by Crippen LogP contribution is -2.45. The van der Waals surface area contributed by atoms with Gasteiger partial charge in [0.15, 0.2) is 6.23 Å². The van der Waals surface area contributed by atoms with Crippen LogP contribution in [-0.2, 0) is 31.6 Å². The molecule has 0 amide bonds. The summed E-state index contributed by atoms with van der Waals surface area (Å²) in [5.41, 5.74) is 1.07. The molecule has 0 radical (unpaired) electrons. The molecule has 1 aromatic rings. The number of phosphoric acid groups is 3. The van der Waals surface area contributed by atoms with Crippen molar-refractivity contribution in [3.8, 4) is 11.8 Å². The minimum atomic E-state index is -5.84. The number of aromatic nitrogens is 2. The fourth-order valence-corrected chi connectivity index (χ4v) is 5.86. The van der Waals surface area contributed by atoms with Crippen LogP contribution >= 0.6 is 23.5 Å². The van der Waals surface area contributed by atoms with Crippen molar-refractivity contribution in [1.82, 2.24) is 9.55 Å². The monoisotopic (exact) mass is 555 g/mol. The number of aliphatic hydroxyl groups excluding tert-OH is 1. The van der Waals surface area contributed by atoms with Crippen LogP contribution < -0.4 is 11.4 Å². The number of nitrogens with zero attached hydrogens (tertiary/aromatic N) is 2. The minimum absolute atomic E-state index is 0.0210. The molecule has 0 spiro atoms. The SMILES string of the molecule is Cc1cc(N)nc(=O)n1[C@@H]1O[C@H](COP(=O)(O)OP(=O)(O)OP(=O)(O)O)C(O)[C@]1(F)C#CCF. The van der Waals surface area contributed by atoms with Crippen LogP contribution in [0.5, 0.6) is 0 Å². The molecule has 192 valence electrons. The summed E-state index contributed by atoms with van der Waals surface area (Å²) in [6.45, 7) is -1.33. The Balaban J connectivity index is 2.31. The highest BCUT2D eigenvalue weighted by Gasteiger charge is 2.59. The number of hydrogen-bond donors (Lipinski definition) is 6. The third-order valence-corrected chi connectivity index (χ3v) is 7.82. The molecule has 16 nitrogen and oxygen atoms in total. The Morgan fingerprint density at radius 3 is 2.41 bits per heavy atom. The average molecular weight is 555 g/mol. The van der Waals surface area contributed by atoms with Crippen molar-refractivity contribution in [3.05, 3.63) is 22.2 Å². The Kier molecular flexibility index (Phi) is 8.60. The lowest BCUT2D eigenvalue weighted by atomic mass is 9.96. The van der Waals surface area contributed by atoms with E-state index in [0.29, 0.717) is 4.57 Å². The fourth-order valence-electron chi connectivity index (χ4n) is 2.83. The summed E-state index contributed by atoms with van der Waals surface area (Å²) in [5.74, 6) is 3.27. The molecule has 1 aromatic heterocycles. The minimum Gasteiger partial charge on any atom is -0.386 e. The van der Waals surface area contributed by atoms with Gasteiger partial charge >= 0.3 is 29.2 Å². The van der Waals surface area contributed by atoms with E-state index in [2.05, 4.69) is 18.1 Å². The Morgan fingerprint density at radius 2 is 1.88 bits per heavy atom. The van der Waals surface area contributed by atoms with Crippen molar-refractivity contribution < 1.29 is 65.0 Å². The van der Waals surface area contributed by atoms with Gasteiger partial charge in [-0.3, -0.25) is 9.09 Å². The van der Waals surface area contributed by atoms with E-state index in [1.807, 2.05) is 0 Å². The van der Waals surface area contributed by atoms with Gasteiger partial charge in [0.05, 0.1) is 6.61 Å². The zero-order valence-corrected chi connectivity index (χ0v) is 19.5. The van der Waals surface area contributed by atoms with E-state index >= 15 is 4.39 Å². The molecule has 6 atom stereocenters. The Morgan fingerprint density at radius 1 is 1.26 bits per heavy atom. The highest BCUT2D eigenvalue weighted by atomic mass is 31.3. The van der Waals surface area contributed by atoms with E-state index in [9.17, 15) is 32.9 Å². The summed E-state index contributed by atoms with van der Waals surface area (Å²) in [6.07, 6.45) is -6.36. The first-order valence-corrected chi connectivity index (χ1v) is 13.2. The smallest absolute Gasteiger partial charge is 0.386 e. The Hall–Kier alpha value is -1.57. The number of alkyl halides is 2. The van der Waals surface area contributed by atoms with Crippen LogP contribution in [0.25, 0.3) is 0 Å². The van der Waals surface area contributed by atoms with Gasteiger partial charge in [0.1, 0.15) is 24.7 Å². The number of hydrogen-bond acceptors (Lipinski definition) is 11. The lowest BCUT2D eigenvalue weighted by molar-refractivity contribution is -0.0543. The van der Waals surface area contributed by atoms with Crippen molar-refractivity contribution in [2.45, 2.75) is 31.0 Å². The van der Waals surface area contributed by atoms with Crippen LogP contribution in [0.2, 0.25) is 0 Å². The number of aliphatic hydroxyl groups is 1. The highest BCUT2D eigenvalue weighted by Crippen LogP contribution is 2.66. The zero-order valence-electron chi connectivity index (χ0n) is 16.8. The van der Waals surface area contributed by atoms with E-state index in [-0.39, 0.29) is 11.5 Å². The molecule has 21 heteroatoms. The van der Waals surface area contributed by atoms with Gasteiger partial charge in [-0.05, 0) is 13.0 Å². The lowest BCUT2D eigenvalue weighted by Gasteiger charge is -2.25. The van der Waals surface area contributed by atoms with E-state index in [1.165, 1.54) is 6.92 Å². The van der Waals surface area contributed by atoms with Crippen molar-refractivity contribution in [2.24, 2.45) is 0 Å². The average Bonchev–Trinajstić information content (AvgIpc) is 2.86. The predicted molar refractivity (Wildman–Crippen MR) is 105 cm³/mol. The topological polar surface area (TPSA) is 250 Å². The maximum atomic E-state index is 15.7. The van der Waals surface area contributed by atoms with Crippen molar-refractivity contribution in [1.29, 1.82) is 0 Å². The van der Waals surface area contributed by atoms with Gasteiger partial charge in [-0.1, -0.05) is 11.8 Å². The summed E-state index contributed by atoms with van der Waals surface area (Å²) in [7, 11) is -17.1. The van der Waals surface area contributed by atoms with Crippen molar-refractivity contribution in [2.75, 3.05) is 19.0 Å². The van der Waals surface area contributed by atoms with Gasteiger partial charge in [-0.2, -0.15) is 13.6 Å². The molecule has 1 aliphatic heterocycles. The molecule has 0 bridgehead atoms. The second-order valence-corrected chi connectivity index (χ2v) is 11.0. The number of ether oxygens (including phenoxy) is 1. The summed E-state index contributed by atoms with van der Waals surface area (Å²) < 4.78 is 79.3. The Bertz CT molecular complexity index is 1200. The van der Waals surface area contributed by atoms with E-state index in [4.69, 9.17) is 25.2 Å². The van der Waals surface area contributed by atoms with Crippen LogP contribution in [0.4, 0.5) is 14.6 Å². The van der Waals surface area contributed by atoms with Crippen molar-refractivity contribution in [3.63, 3.8) is 0 Å². The highest BCUT2D eigenvalue weighted by molar-refractivity contribution is 7.66. The third-order valence-electron chi connectivity index (χ3n) is 4.01. The van der Waals surface area contributed by atoms with Crippen LogP contribution in [-0.4, -0.2) is 65.4 Å². The van der Waals surface area contributed by atoms with Crippen molar-refractivity contribution >= 4 is 29.3 Å². The summed E-state index contributed by atoms with van der Waals surface area (Å²) >= 11 is 0. The molecule has 0 aromatic carbocycles. The van der Waals surface area contributed by atoms with Crippen LogP contribution in [0.3, 0.4) is 0 Å². The zero-order chi connectivity index (χ0) is 26.1. The molecule has 0 saturated carbocycles. The summed E-state index contributed by atoms with van der Waals surface area (Å²) in [4.78, 5) is 51.3. The molecule has 2 rings (SSSR count). The molecule has 1 fully saturated rings. The van der Waals surface area contributed by atoms with Gasteiger partial charge < -0.3 is 35.2 Å². The van der Waals surface area contributed by atoms with E-state index in [1.54, 1.807) is 11.8 Å². The molecule has 0 aliphatic carbocycles. The molecular weight excluding hydrogens is 537 g/mol. The number of phosphoric ester groups is 1. The fraction of sp³-hybridized carbons (Fsp3) is 0.538. The third kappa shape index (κ3) is 6.98. The number of nitrogen functional groups attached to an aromatic ring is 1. The van der Waals surface area contributed by atoms with Gasteiger partial charge in [0, 0.05) is 5.69 Å². The first-order valence-electron chi connectivity index (χ1n) is 8.63. The van der Waals surface area contributed by atoms with E-state index in [0.717, 1.165) is 6.07 Å². The molecule has 7 N–H and O–H groups in total. The van der Waals surface area contributed by atoms with E-state index < -0.39 is 66.5 Å². The number of rotatable bonds is 8. The van der Waals surface area contributed by atoms with Gasteiger partial charge in [-0.25, -0.2) is 27.3 Å². The van der Waals surface area contributed by atoms with Crippen LogP contribution in [0, 0.1) is 18.8 Å². The summed E-state index contributed by atoms with van der Waals surface area (Å²) in [5, 5.41) is 10.4. The van der Waals surface area contributed by atoms with Gasteiger partial charge in [0.2, 0.25) is 5.67 Å². The standard InChI is InChI=1S/C13H18F2N3O13P3/c1-7-5-9(16)17-12(20)18(7)11-13(15,3-2-4-14)10(19)8(29-11)6-28-33(24,25)31-34(26,27)30-32(21,22)23/h5,8,10-11,19H,4,6H2,1H3,(H,24,25)(H,26,27)(H2,16,17,20)(H2,21,22,23)/t8-,10?,11-,13-/m1/s1. The second-order valence-electron chi connectivity index (χ2n) is 6.54. The molecule has 2 heterocycles. The Labute approximate surface area is 188 Å². The second kappa shape index (κ2) is 10.2. The number of nitrogens with two attached hydrogens (primary N) is 1. The molecule has 3 unspecified atom stereocenters. The molecule has 1 aliphatic rings. The first-order chi connectivity index (χ1) is 15.4. The normalized spacial score (nSPS) is 28.5. The number of anilines is 1. The van der Waals surface area contributed by atoms with Gasteiger partial charge in [-0.15, -0.1) is 0 Å². The largest absolute Gasteiger partial charge is 0.490 e. The van der Waals surface area contributed by atoms with Gasteiger partial charge in [0.25, 0.3) is 0 Å². The van der Waals surface area contributed by atoms with Crippen LogP contribution in [0.1, 0.15) is 11.9 Å². The molecular formula is C13H18F2N3O13P3. The molecule has 1 saturated heterocycles.